The zero-order valence-electron chi connectivity index (χ0n) is 12.2. The number of hydrogen-bond donors (Lipinski definition) is 2. The van der Waals surface area contributed by atoms with Gasteiger partial charge in [-0.05, 0) is 44.2 Å². The molecule has 1 saturated carbocycles. The predicted molar refractivity (Wildman–Crippen MR) is 80.4 cm³/mol. The second-order valence-corrected chi connectivity index (χ2v) is 6.12. The topological polar surface area (TPSA) is 70.7 Å². The lowest BCUT2D eigenvalue weighted by Crippen LogP contribution is -2.43. The summed E-state index contributed by atoms with van der Waals surface area (Å²) in [4.78, 5) is 25.2. The molecule has 1 atom stereocenters. The second-order valence-electron chi connectivity index (χ2n) is 6.12. The highest BCUT2D eigenvalue weighted by Crippen LogP contribution is 2.58. The molecule has 2 heterocycles. The zero-order valence-corrected chi connectivity index (χ0v) is 13.0. The Morgan fingerprint density at radius 2 is 2.19 bits per heavy atom. The van der Waals surface area contributed by atoms with Crippen molar-refractivity contribution in [2.45, 2.75) is 25.7 Å². The van der Waals surface area contributed by atoms with E-state index in [2.05, 4.69) is 10.6 Å². The van der Waals surface area contributed by atoms with Gasteiger partial charge in [-0.1, -0.05) is 0 Å². The number of cyclic esters (lactones) is 1. The lowest BCUT2D eigenvalue weighted by Gasteiger charge is -2.26. The summed E-state index contributed by atoms with van der Waals surface area (Å²) in [7, 11) is 0. The molecule has 120 valence electrons. The predicted octanol–water partition coefficient (Wildman–Crippen LogP) is 0.756. The lowest BCUT2D eigenvalue weighted by atomic mass is 9.92. The molecule has 0 aromatic rings. The molecule has 3 aliphatic rings. The van der Waals surface area contributed by atoms with Gasteiger partial charge in [0.1, 0.15) is 0 Å². The average Bonchev–Trinajstić information content (AvgIpc) is 3.15. The summed E-state index contributed by atoms with van der Waals surface area (Å²) in [6.07, 6.45) is 3.88. The van der Waals surface area contributed by atoms with Crippen LogP contribution in [0.2, 0.25) is 0 Å². The molecular weight excluding hydrogens is 294 g/mol. The van der Waals surface area contributed by atoms with Crippen LogP contribution in [0.25, 0.3) is 0 Å². The van der Waals surface area contributed by atoms with Gasteiger partial charge >= 0.3 is 6.09 Å². The van der Waals surface area contributed by atoms with Gasteiger partial charge in [0.25, 0.3) is 0 Å². The summed E-state index contributed by atoms with van der Waals surface area (Å²) in [5.74, 6) is 0.357. The van der Waals surface area contributed by atoms with Crippen LogP contribution in [0, 0.1) is 11.3 Å². The van der Waals surface area contributed by atoms with Gasteiger partial charge in [-0.3, -0.25) is 4.79 Å². The normalized spacial score (nSPS) is 26.8. The van der Waals surface area contributed by atoms with Gasteiger partial charge < -0.3 is 20.3 Å². The number of hydrogen-bond acceptors (Lipinski definition) is 4. The smallest absolute Gasteiger partial charge is 0.409 e. The van der Waals surface area contributed by atoms with E-state index in [4.69, 9.17) is 4.74 Å². The van der Waals surface area contributed by atoms with Gasteiger partial charge in [0.05, 0.1) is 6.61 Å². The van der Waals surface area contributed by atoms with Crippen LogP contribution in [0.15, 0.2) is 0 Å². The molecule has 1 spiro atoms. The highest BCUT2D eigenvalue weighted by molar-refractivity contribution is 5.85. The van der Waals surface area contributed by atoms with Crippen LogP contribution in [0.3, 0.4) is 0 Å². The number of halogens is 1. The first-order valence-electron chi connectivity index (χ1n) is 7.61. The molecule has 2 amide bonds. The molecule has 6 nitrogen and oxygen atoms in total. The Hall–Kier alpha value is -1.01. The molecule has 2 saturated heterocycles. The van der Waals surface area contributed by atoms with E-state index in [0.29, 0.717) is 19.7 Å². The van der Waals surface area contributed by atoms with Crippen LogP contribution in [0.5, 0.6) is 0 Å². The first kappa shape index (κ1) is 16.4. The summed E-state index contributed by atoms with van der Waals surface area (Å²) >= 11 is 0. The van der Waals surface area contributed by atoms with Crippen molar-refractivity contribution in [3.05, 3.63) is 0 Å². The monoisotopic (exact) mass is 317 g/mol. The fraction of sp³-hybridized carbons (Fsp3) is 0.857. The average molecular weight is 318 g/mol. The Balaban J connectivity index is 0.00000161. The van der Waals surface area contributed by atoms with Gasteiger partial charge in [0.2, 0.25) is 5.91 Å². The number of amides is 2. The Labute approximate surface area is 131 Å². The lowest BCUT2D eigenvalue weighted by molar-refractivity contribution is -0.123. The summed E-state index contributed by atoms with van der Waals surface area (Å²) in [5.41, 5.74) is 0.277. The largest absolute Gasteiger partial charge is 0.449 e. The molecule has 3 fully saturated rings. The molecule has 0 bridgehead atoms. The molecule has 7 heteroatoms. The third kappa shape index (κ3) is 3.61. The summed E-state index contributed by atoms with van der Waals surface area (Å²) in [5, 5.41) is 6.32. The molecule has 21 heavy (non-hydrogen) atoms. The second kappa shape index (κ2) is 6.83. The number of carbonyl (C=O) groups excluding carboxylic acids is 2. The van der Waals surface area contributed by atoms with E-state index in [1.165, 1.54) is 0 Å². The molecule has 0 radical (unpaired) electrons. The first-order chi connectivity index (χ1) is 9.71. The van der Waals surface area contributed by atoms with Crippen molar-refractivity contribution in [3.8, 4) is 0 Å². The maximum absolute atomic E-state index is 12.1. The van der Waals surface area contributed by atoms with Crippen molar-refractivity contribution in [1.82, 2.24) is 15.5 Å². The Morgan fingerprint density at radius 3 is 2.90 bits per heavy atom. The Kier molecular flexibility index (Phi) is 5.32. The van der Waals surface area contributed by atoms with Crippen molar-refractivity contribution in [2.24, 2.45) is 11.3 Å². The Bertz CT molecular complexity index is 399. The van der Waals surface area contributed by atoms with Crippen LogP contribution in [-0.4, -0.2) is 56.2 Å². The maximum atomic E-state index is 12.1. The fourth-order valence-corrected chi connectivity index (χ4v) is 3.43. The van der Waals surface area contributed by atoms with Crippen molar-refractivity contribution in [1.29, 1.82) is 0 Å². The van der Waals surface area contributed by atoms with Crippen LogP contribution in [0.1, 0.15) is 25.7 Å². The summed E-state index contributed by atoms with van der Waals surface area (Å²) in [6, 6.07) is 0. The first-order valence-corrected chi connectivity index (χ1v) is 7.61. The van der Waals surface area contributed by atoms with Crippen molar-refractivity contribution < 1.29 is 14.3 Å². The van der Waals surface area contributed by atoms with Crippen LogP contribution in [-0.2, 0) is 9.53 Å². The van der Waals surface area contributed by atoms with E-state index >= 15 is 0 Å². The third-order valence-electron chi connectivity index (χ3n) is 4.84. The van der Waals surface area contributed by atoms with Crippen LogP contribution < -0.4 is 10.6 Å². The van der Waals surface area contributed by atoms with E-state index in [-0.39, 0.29) is 35.7 Å². The summed E-state index contributed by atoms with van der Waals surface area (Å²) in [6.45, 7) is 4.38. The zero-order chi connectivity index (χ0) is 14.0. The molecule has 1 aliphatic carbocycles. The maximum Gasteiger partial charge on any atom is 0.409 e. The van der Waals surface area contributed by atoms with Gasteiger partial charge in [-0.2, -0.15) is 0 Å². The van der Waals surface area contributed by atoms with Crippen molar-refractivity contribution in [2.75, 3.05) is 39.3 Å². The van der Waals surface area contributed by atoms with E-state index < -0.39 is 0 Å². The highest BCUT2D eigenvalue weighted by Gasteiger charge is 2.57. The standard InChI is InChI=1S/C14H23N3O3.ClH/c18-12(11-10-14(11)2-4-15-5-3-14)16-6-8-17-7-1-9-20-13(17)19;/h11,15H,1-10H2,(H,16,18);1H. The van der Waals surface area contributed by atoms with E-state index in [1.807, 2.05) is 0 Å². The van der Waals surface area contributed by atoms with Crippen molar-refractivity contribution >= 4 is 24.4 Å². The van der Waals surface area contributed by atoms with Crippen molar-refractivity contribution in [3.63, 3.8) is 0 Å². The third-order valence-corrected chi connectivity index (χ3v) is 4.84. The number of nitrogens with zero attached hydrogens (tertiary/aromatic N) is 1. The minimum absolute atomic E-state index is 0. The van der Waals surface area contributed by atoms with Gasteiger partial charge in [0, 0.05) is 25.6 Å². The van der Waals surface area contributed by atoms with Gasteiger partial charge in [0.15, 0.2) is 0 Å². The van der Waals surface area contributed by atoms with E-state index in [9.17, 15) is 9.59 Å². The molecular formula is C14H24ClN3O3. The number of ether oxygens (including phenoxy) is 1. The molecule has 0 aromatic carbocycles. The van der Waals surface area contributed by atoms with Crippen LogP contribution >= 0.6 is 12.4 Å². The minimum Gasteiger partial charge on any atom is -0.449 e. The van der Waals surface area contributed by atoms with Gasteiger partial charge in [-0.25, -0.2) is 4.79 Å². The number of nitrogens with one attached hydrogen (secondary N) is 2. The fourth-order valence-electron chi connectivity index (χ4n) is 3.43. The highest BCUT2D eigenvalue weighted by atomic mass is 35.5. The molecule has 2 N–H and O–H groups in total. The van der Waals surface area contributed by atoms with E-state index in [1.54, 1.807) is 4.90 Å². The molecule has 3 rings (SSSR count). The minimum atomic E-state index is -0.258. The Morgan fingerprint density at radius 1 is 1.43 bits per heavy atom. The summed E-state index contributed by atoms with van der Waals surface area (Å²) < 4.78 is 4.97. The molecule has 1 unspecified atom stereocenters. The van der Waals surface area contributed by atoms with E-state index in [0.717, 1.165) is 45.3 Å². The SMILES string of the molecule is Cl.O=C(NCCN1CCCOC1=O)C1CC12CCNCC2. The number of piperidine rings is 1. The molecule has 0 aromatic heterocycles. The number of carbonyl (C=O) groups is 2. The van der Waals surface area contributed by atoms with Crippen LogP contribution in [0.4, 0.5) is 4.79 Å². The molecule has 2 aliphatic heterocycles. The quantitative estimate of drug-likeness (QED) is 0.803. The van der Waals surface area contributed by atoms with Gasteiger partial charge in [-0.15, -0.1) is 12.4 Å². The number of rotatable bonds is 4.